The molecule has 152 valence electrons. The number of ether oxygens (including phenoxy) is 1. The number of hydrogen-bond acceptors (Lipinski definition) is 9. The normalized spacial score (nSPS) is 15.2. The minimum absolute atomic E-state index is 0.182. The molecule has 1 atom stereocenters. The number of carbonyl (C=O) groups excluding carboxylic acids is 2. The number of thioether (sulfide) groups is 1. The van der Waals surface area contributed by atoms with Gasteiger partial charge in [0.25, 0.3) is 0 Å². The lowest BCUT2D eigenvalue weighted by Crippen LogP contribution is -2.23. The molecule has 0 bridgehead atoms. The number of aryl methyl sites for hydroxylation is 1. The molecule has 2 aromatic heterocycles. The van der Waals surface area contributed by atoms with Crippen LogP contribution < -0.4 is 11.1 Å². The van der Waals surface area contributed by atoms with Gasteiger partial charge in [0.2, 0.25) is 11.0 Å². The van der Waals surface area contributed by atoms with E-state index in [9.17, 15) is 9.59 Å². The summed E-state index contributed by atoms with van der Waals surface area (Å²) < 4.78 is 5.93. The molecule has 1 aliphatic rings. The molecular weight excluding hydrogens is 416 g/mol. The molecule has 3 N–H and O–H groups in total. The fourth-order valence-electron chi connectivity index (χ4n) is 3.11. The van der Waals surface area contributed by atoms with Crippen molar-refractivity contribution in [2.45, 2.75) is 62.0 Å². The zero-order valence-corrected chi connectivity index (χ0v) is 18.4. The molecule has 3 rings (SSSR count). The molecular formula is C18H24N4O3S3. The third-order valence-electron chi connectivity index (χ3n) is 4.46. The highest BCUT2D eigenvalue weighted by molar-refractivity contribution is 8.02. The van der Waals surface area contributed by atoms with Crippen molar-refractivity contribution in [3.05, 3.63) is 16.0 Å². The van der Waals surface area contributed by atoms with Crippen LogP contribution in [0.15, 0.2) is 4.34 Å². The van der Waals surface area contributed by atoms with E-state index < -0.39 is 5.25 Å². The highest BCUT2D eigenvalue weighted by Crippen LogP contribution is 2.38. The number of carbonyl (C=O) groups is 2. The number of hydrogen-bond donors (Lipinski definition) is 2. The van der Waals surface area contributed by atoms with Crippen LogP contribution in [0.4, 0.5) is 10.1 Å². The van der Waals surface area contributed by atoms with Gasteiger partial charge in [-0.2, -0.15) is 0 Å². The van der Waals surface area contributed by atoms with Crippen molar-refractivity contribution in [3.8, 4) is 0 Å². The second-order valence-electron chi connectivity index (χ2n) is 6.50. The van der Waals surface area contributed by atoms with Crippen LogP contribution in [-0.4, -0.2) is 33.9 Å². The van der Waals surface area contributed by atoms with E-state index in [1.54, 1.807) is 13.8 Å². The Morgan fingerprint density at radius 2 is 1.96 bits per heavy atom. The molecule has 1 aliphatic carbocycles. The molecule has 0 spiro atoms. The Hall–Kier alpha value is -1.65. The summed E-state index contributed by atoms with van der Waals surface area (Å²) in [6.45, 7) is 3.89. The van der Waals surface area contributed by atoms with Crippen LogP contribution in [0.1, 0.15) is 60.3 Å². The summed E-state index contributed by atoms with van der Waals surface area (Å²) in [6.07, 6.45) is 6.31. The van der Waals surface area contributed by atoms with E-state index in [0.29, 0.717) is 26.6 Å². The maximum absolute atomic E-state index is 12.8. The fraction of sp³-hybridized carbons (Fsp3) is 0.556. The van der Waals surface area contributed by atoms with Crippen molar-refractivity contribution in [2.24, 2.45) is 0 Å². The number of esters is 1. The molecule has 10 heteroatoms. The van der Waals surface area contributed by atoms with Gasteiger partial charge in [-0.1, -0.05) is 35.9 Å². The van der Waals surface area contributed by atoms with Crippen molar-refractivity contribution in [1.29, 1.82) is 0 Å². The first kappa shape index (κ1) is 21.1. The van der Waals surface area contributed by atoms with Gasteiger partial charge in [0.15, 0.2) is 4.34 Å². The number of amides is 1. The molecule has 7 nitrogen and oxygen atoms in total. The summed E-state index contributed by atoms with van der Waals surface area (Å²) >= 11 is 4.05. The Morgan fingerprint density at radius 1 is 1.21 bits per heavy atom. The van der Waals surface area contributed by atoms with Gasteiger partial charge in [0.1, 0.15) is 5.00 Å². The van der Waals surface area contributed by atoms with Crippen molar-refractivity contribution in [3.63, 3.8) is 0 Å². The Kier molecular flexibility index (Phi) is 7.30. The van der Waals surface area contributed by atoms with Crippen molar-refractivity contribution in [1.82, 2.24) is 10.2 Å². The minimum Gasteiger partial charge on any atom is -0.462 e. The number of nitrogen functional groups attached to an aromatic ring is 1. The Bertz CT molecular complexity index is 849. The number of anilines is 2. The first-order valence-corrected chi connectivity index (χ1v) is 11.9. The first-order chi connectivity index (χ1) is 13.5. The summed E-state index contributed by atoms with van der Waals surface area (Å²) in [5.74, 6) is -0.536. The van der Waals surface area contributed by atoms with Crippen LogP contribution in [0.25, 0.3) is 0 Å². The summed E-state index contributed by atoms with van der Waals surface area (Å²) in [6, 6.07) is 0. The highest BCUT2D eigenvalue weighted by atomic mass is 32.2. The topological polar surface area (TPSA) is 107 Å². The van der Waals surface area contributed by atoms with Crippen molar-refractivity contribution in [2.75, 3.05) is 17.7 Å². The number of fused-ring (bicyclic) bond motifs is 1. The van der Waals surface area contributed by atoms with Gasteiger partial charge in [0, 0.05) is 4.88 Å². The smallest absolute Gasteiger partial charge is 0.341 e. The van der Waals surface area contributed by atoms with Gasteiger partial charge in [-0.05, 0) is 45.1 Å². The summed E-state index contributed by atoms with van der Waals surface area (Å²) in [5.41, 5.74) is 7.19. The third kappa shape index (κ3) is 5.03. The lowest BCUT2D eigenvalue weighted by atomic mass is 9.96. The molecule has 0 saturated carbocycles. The van der Waals surface area contributed by atoms with Crippen LogP contribution in [0.3, 0.4) is 0 Å². The maximum Gasteiger partial charge on any atom is 0.341 e. The molecule has 1 unspecified atom stereocenters. The fourth-order valence-corrected chi connectivity index (χ4v) is 6.17. The van der Waals surface area contributed by atoms with Gasteiger partial charge in [-0.25, -0.2) is 4.79 Å². The van der Waals surface area contributed by atoms with Crippen LogP contribution in [0.5, 0.6) is 0 Å². The monoisotopic (exact) mass is 440 g/mol. The zero-order chi connectivity index (χ0) is 20.1. The van der Waals surface area contributed by atoms with E-state index in [0.717, 1.165) is 37.7 Å². The predicted molar refractivity (Wildman–Crippen MR) is 114 cm³/mol. The second kappa shape index (κ2) is 9.71. The summed E-state index contributed by atoms with van der Waals surface area (Å²) in [7, 11) is 0. The number of nitrogens with zero attached hydrogens (tertiary/aromatic N) is 2. The Labute approximate surface area is 176 Å². The van der Waals surface area contributed by atoms with E-state index in [-0.39, 0.29) is 11.9 Å². The standard InChI is InChI=1S/C18H24N4O3S3/c1-3-25-16(24)13-11-8-6-4-5-7-9-12(11)27-15(13)20-14(23)10(2)26-18-22-21-17(19)28-18/h10H,3-9H2,1-2H3,(H2,19,21)(H,20,23). The van der Waals surface area contributed by atoms with Crippen LogP contribution >= 0.6 is 34.4 Å². The van der Waals surface area contributed by atoms with Crippen molar-refractivity contribution >= 4 is 56.4 Å². The SMILES string of the molecule is CCOC(=O)c1c(NC(=O)C(C)Sc2nnc(N)s2)sc2c1CCCCCC2. The number of rotatable bonds is 6. The number of nitrogens with one attached hydrogen (secondary N) is 1. The van der Waals surface area contributed by atoms with E-state index in [4.69, 9.17) is 10.5 Å². The Morgan fingerprint density at radius 3 is 2.64 bits per heavy atom. The van der Waals surface area contributed by atoms with E-state index in [2.05, 4.69) is 15.5 Å². The quantitative estimate of drug-likeness (QED) is 0.513. The zero-order valence-electron chi connectivity index (χ0n) is 15.9. The van der Waals surface area contributed by atoms with Crippen LogP contribution in [0.2, 0.25) is 0 Å². The van der Waals surface area contributed by atoms with Crippen LogP contribution in [0, 0.1) is 0 Å². The average molecular weight is 441 g/mol. The molecule has 1 amide bonds. The van der Waals surface area contributed by atoms with Gasteiger partial charge in [-0.15, -0.1) is 21.5 Å². The Balaban J connectivity index is 1.82. The van der Waals surface area contributed by atoms with Crippen molar-refractivity contribution < 1.29 is 14.3 Å². The molecule has 0 radical (unpaired) electrons. The molecule has 0 aliphatic heterocycles. The molecule has 2 aromatic rings. The second-order valence-corrected chi connectivity index (χ2v) is 10.2. The number of nitrogens with two attached hydrogens (primary N) is 1. The minimum atomic E-state index is -0.396. The molecule has 0 saturated heterocycles. The average Bonchev–Trinajstić information content (AvgIpc) is 3.18. The summed E-state index contributed by atoms with van der Waals surface area (Å²) in [4.78, 5) is 26.6. The van der Waals surface area contributed by atoms with E-state index >= 15 is 0 Å². The van der Waals surface area contributed by atoms with E-state index in [1.807, 2.05) is 0 Å². The number of thiophene rings is 1. The van der Waals surface area contributed by atoms with Gasteiger partial charge in [-0.3, -0.25) is 4.79 Å². The molecule has 28 heavy (non-hydrogen) atoms. The largest absolute Gasteiger partial charge is 0.462 e. The molecule has 2 heterocycles. The lowest BCUT2D eigenvalue weighted by molar-refractivity contribution is -0.115. The van der Waals surface area contributed by atoms with Gasteiger partial charge >= 0.3 is 5.97 Å². The predicted octanol–water partition coefficient (Wildman–Crippen LogP) is 4.14. The maximum atomic E-state index is 12.8. The number of aromatic nitrogens is 2. The van der Waals surface area contributed by atoms with Crippen LogP contribution in [-0.2, 0) is 22.4 Å². The first-order valence-electron chi connectivity index (χ1n) is 9.37. The molecule has 0 aromatic carbocycles. The third-order valence-corrected chi connectivity index (χ3v) is 7.60. The molecule has 0 fully saturated rings. The highest BCUT2D eigenvalue weighted by Gasteiger charge is 2.27. The summed E-state index contributed by atoms with van der Waals surface area (Å²) in [5, 5.41) is 11.2. The van der Waals surface area contributed by atoms with E-state index in [1.165, 1.54) is 45.7 Å². The van der Waals surface area contributed by atoms with Gasteiger partial charge in [0.05, 0.1) is 17.4 Å². The lowest BCUT2D eigenvalue weighted by Gasteiger charge is -2.12. The van der Waals surface area contributed by atoms with Gasteiger partial charge < -0.3 is 15.8 Å².